The van der Waals surface area contributed by atoms with Crippen molar-refractivity contribution in [2.75, 3.05) is 0 Å². The summed E-state index contributed by atoms with van der Waals surface area (Å²) in [4.78, 5) is 11.6. The molecule has 16 heavy (non-hydrogen) atoms. The van der Waals surface area contributed by atoms with E-state index in [0.29, 0.717) is 17.6 Å². The molecule has 0 spiro atoms. The van der Waals surface area contributed by atoms with Gasteiger partial charge in [0, 0.05) is 11.5 Å². The molecule has 2 rings (SSSR count). The minimum absolute atomic E-state index is 0.276. The van der Waals surface area contributed by atoms with E-state index >= 15 is 0 Å². The van der Waals surface area contributed by atoms with Gasteiger partial charge in [0.1, 0.15) is 5.60 Å². The Morgan fingerprint density at radius 2 is 2.12 bits per heavy atom. The van der Waals surface area contributed by atoms with Gasteiger partial charge >= 0.3 is 5.97 Å². The van der Waals surface area contributed by atoms with Crippen molar-refractivity contribution in [3.8, 4) is 0 Å². The van der Waals surface area contributed by atoms with Gasteiger partial charge in [-0.1, -0.05) is 6.58 Å². The van der Waals surface area contributed by atoms with Crippen LogP contribution < -0.4 is 0 Å². The SMILES string of the molecule is C=C(C)C(=O)OC(C)(C)C1CC2CCC1O2. The standard InChI is InChI=1S/C13H20O3/c1-8(2)12(14)16-13(3,4)10-7-9-5-6-11(10)15-9/h9-11H,1,5-7H2,2-4H3. The molecule has 3 unspecified atom stereocenters. The summed E-state index contributed by atoms with van der Waals surface area (Å²) in [6.45, 7) is 9.23. The van der Waals surface area contributed by atoms with Gasteiger partial charge in [0.05, 0.1) is 12.2 Å². The van der Waals surface area contributed by atoms with E-state index in [1.165, 1.54) is 0 Å². The van der Waals surface area contributed by atoms with Crippen LogP contribution in [0.4, 0.5) is 0 Å². The summed E-state index contributed by atoms with van der Waals surface area (Å²) in [5.74, 6) is 0.0299. The van der Waals surface area contributed by atoms with Gasteiger partial charge in [0.2, 0.25) is 0 Å². The molecule has 0 saturated carbocycles. The highest BCUT2D eigenvalue weighted by atomic mass is 16.6. The zero-order chi connectivity index (χ0) is 11.9. The highest BCUT2D eigenvalue weighted by Gasteiger charge is 2.49. The zero-order valence-corrected chi connectivity index (χ0v) is 10.3. The molecule has 2 fully saturated rings. The normalized spacial score (nSPS) is 32.8. The molecular formula is C13H20O3. The predicted molar refractivity (Wildman–Crippen MR) is 61.0 cm³/mol. The van der Waals surface area contributed by atoms with Gasteiger partial charge in [0.15, 0.2) is 0 Å². The maximum atomic E-state index is 11.6. The van der Waals surface area contributed by atoms with Crippen LogP contribution in [0.5, 0.6) is 0 Å². The molecule has 0 radical (unpaired) electrons. The molecule has 0 aromatic rings. The van der Waals surface area contributed by atoms with E-state index in [2.05, 4.69) is 6.58 Å². The zero-order valence-electron chi connectivity index (χ0n) is 10.3. The second-order valence-corrected chi connectivity index (χ2v) is 5.49. The molecule has 3 nitrogen and oxygen atoms in total. The van der Waals surface area contributed by atoms with Gasteiger partial charge in [-0.2, -0.15) is 0 Å². The topological polar surface area (TPSA) is 35.5 Å². The first-order valence-electron chi connectivity index (χ1n) is 5.94. The largest absolute Gasteiger partial charge is 0.456 e. The van der Waals surface area contributed by atoms with Gasteiger partial charge in [-0.05, 0) is 40.0 Å². The smallest absolute Gasteiger partial charge is 0.333 e. The van der Waals surface area contributed by atoms with Gasteiger partial charge in [0.25, 0.3) is 0 Å². The Morgan fingerprint density at radius 3 is 2.56 bits per heavy atom. The fourth-order valence-corrected chi connectivity index (χ4v) is 2.77. The van der Waals surface area contributed by atoms with Crippen LogP contribution in [0, 0.1) is 5.92 Å². The van der Waals surface area contributed by atoms with Crippen molar-refractivity contribution >= 4 is 5.97 Å². The van der Waals surface area contributed by atoms with Crippen LogP contribution in [0.2, 0.25) is 0 Å². The molecule has 0 N–H and O–H groups in total. The molecule has 3 heteroatoms. The van der Waals surface area contributed by atoms with Crippen LogP contribution in [-0.4, -0.2) is 23.8 Å². The lowest BCUT2D eigenvalue weighted by Gasteiger charge is -2.35. The summed E-state index contributed by atoms with van der Waals surface area (Å²) in [5.41, 5.74) is 0.00715. The van der Waals surface area contributed by atoms with E-state index in [1.807, 2.05) is 13.8 Å². The Balaban J connectivity index is 2.02. The molecular weight excluding hydrogens is 204 g/mol. The highest BCUT2D eigenvalue weighted by molar-refractivity contribution is 5.87. The van der Waals surface area contributed by atoms with Crippen LogP contribution in [0.15, 0.2) is 12.2 Å². The third kappa shape index (κ3) is 2.01. The second-order valence-electron chi connectivity index (χ2n) is 5.49. The van der Waals surface area contributed by atoms with Crippen LogP contribution >= 0.6 is 0 Å². The lowest BCUT2D eigenvalue weighted by atomic mass is 9.78. The lowest BCUT2D eigenvalue weighted by molar-refractivity contribution is -0.158. The number of hydrogen-bond acceptors (Lipinski definition) is 3. The molecule has 2 aliphatic rings. The first kappa shape index (κ1) is 11.6. The van der Waals surface area contributed by atoms with Gasteiger partial charge in [-0.3, -0.25) is 0 Å². The Hall–Kier alpha value is -0.830. The Morgan fingerprint density at radius 1 is 1.44 bits per heavy atom. The number of hydrogen-bond donors (Lipinski definition) is 0. The molecule has 2 heterocycles. The average Bonchev–Trinajstić information content (AvgIpc) is 2.77. The Bertz CT molecular complexity index is 319. The molecule has 2 bridgehead atoms. The fraction of sp³-hybridized carbons (Fsp3) is 0.769. The fourth-order valence-electron chi connectivity index (χ4n) is 2.77. The molecule has 2 saturated heterocycles. The van der Waals surface area contributed by atoms with E-state index in [-0.39, 0.29) is 12.1 Å². The molecule has 0 aliphatic carbocycles. The second kappa shape index (κ2) is 3.88. The lowest BCUT2D eigenvalue weighted by Crippen LogP contribution is -2.41. The average molecular weight is 224 g/mol. The molecule has 0 aromatic heterocycles. The van der Waals surface area contributed by atoms with Crippen molar-refractivity contribution < 1.29 is 14.3 Å². The van der Waals surface area contributed by atoms with Crippen LogP contribution in [-0.2, 0) is 14.3 Å². The third-order valence-corrected chi connectivity index (χ3v) is 3.70. The predicted octanol–water partition coefficient (Wildman–Crippen LogP) is 2.45. The van der Waals surface area contributed by atoms with Crippen molar-refractivity contribution in [3.63, 3.8) is 0 Å². The summed E-state index contributed by atoms with van der Waals surface area (Å²) >= 11 is 0. The summed E-state index contributed by atoms with van der Waals surface area (Å²) in [5, 5.41) is 0. The number of ether oxygens (including phenoxy) is 2. The number of carbonyl (C=O) groups excluding carboxylic acids is 1. The number of esters is 1. The van der Waals surface area contributed by atoms with Crippen molar-refractivity contribution in [3.05, 3.63) is 12.2 Å². The molecule has 0 aromatic carbocycles. The molecule has 2 aliphatic heterocycles. The van der Waals surface area contributed by atoms with Crippen molar-refractivity contribution in [1.29, 1.82) is 0 Å². The quantitative estimate of drug-likeness (QED) is 0.545. The third-order valence-electron chi connectivity index (χ3n) is 3.70. The van der Waals surface area contributed by atoms with Crippen LogP contribution in [0.3, 0.4) is 0 Å². The van der Waals surface area contributed by atoms with Crippen molar-refractivity contribution in [2.45, 2.75) is 57.8 Å². The Labute approximate surface area is 96.8 Å². The molecule has 3 atom stereocenters. The minimum Gasteiger partial charge on any atom is -0.456 e. The summed E-state index contributed by atoms with van der Waals surface area (Å²) in [7, 11) is 0. The maximum Gasteiger partial charge on any atom is 0.333 e. The van der Waals surface area contributed by atoms with Gasteiger partial charge in [-0.25, -0.2) is 4.79 Å². The summed E-state index contributed by atoms with van der Waals surface area (Å²) in [6.07, 6.45) is 3.94. The molecule has 0 amide bonds. The van der Waals surface area contributed by atoms with E-state index in [0.717, 1.165) is 19.3 Å². The first-order valence-corrected chi connectivity index (χ1v) is 5.94. The van der Waals surface area contributed by atoms with Crippen molar-refractivity contribution in [1.82, 2.24) is 0 Å². The van der Waals surface area contributed by atoms with E-state index in [9.17, 15) is 4.79 Å². The number of fused-ring (bicyclic) bond motifs is 2. The van der Waals surface area contributed by atoms with E-state index in [1.54, 1.807) is 6.92 Å². The minimum atomic E-state index is -0.449. The summed E-state index contributed by atoms with van der Waals surface area (Å²) in [6, 6.07) is 0. The first-order chi connectivity index (χ1) is 7.40. The molecule has 90 valence electrons. The Kier molecular flexibility index (Phi) is 2.82. The highest BCUT2D eigenvalue weighted by Crippen LogP contribution is 2.45. The number of rotatable bonds is 3. The van der Waals surface area contributed by atoms with E-state index in [4.69, 9.17) is 9.47 Å². The number of carbonyl (C=O) groups is 1. The van der Waals surface area contributed by atoms with E-state index < -0.39 is 5.60 Å². The van der Waals surface area contributed by atoms with Crippen LogP contribution in [0.1, 0.15) is 40.0 Å². The van der Waals surface area contributed by atoms with Crippen molar-refractivity contribution in [2.24, 2.45) is 5.92 Å². The van der Waals surface area contributed by atoms with Gasteiger partial charge < -0.3 is 9.47 Å². The summed E-state index contributed by atoms with van der Waals surface area (Å²) < 4.78 is 11.3. The monoisotopic (exact) mass is 224 g/mol. The maximum absolute atomic E-state index is 11.6. The van der Waals surface area contributed by atoms with Crippen LogP contribution in [0.25, 0.3) is 0 Å². The van der Waals surface area contributed by atoms with Gasteiger partial charge in [-0.15, -0.1) is 0 Å².